The monoisotopic (exact) mass is 224 g/mol. The SMILES string of the molecule is CC(C)c1cc(NC(=O)[C@@H](N)C(C)C)n[nH]1. The number of nitrogens with one attached hydrogen (secondary N) is 2. The van der Waals surface area contributed by atoms with Gasteiger partial charge in [-0.25, -0.2) is 0 Å². The number of anilines is 1. The van der Waals surface area contributed by atoms with Crippen LogP contribution in [0.3, 0.4) is 0 Å². The Morgan fingerprint density at radius 3 is 2.50 bits per heavy atom. The normalized spacial score (nSPS) is 13.2. The summed E-state index contributed by atoms with van der Waals surface area (Å²) in [5, 5.41) is 9.57. The van der Waals surface area contributed by atoms with Gasteiger partial charge in [0.1, 0.15) is 0 Å². The molecule has 4 N–H and O–H groups in total. The molecule has 1 aromatic heterocycles. The van der Waals surface area contributed by atoms with E-state index in [4.69, 9.17) is 5.73 Å². The van der Waals surface area contributed by atoms with E-state index in [0.717, 1.165) is 5.69 Å². The molecular formula is C11H20N4O. The van der Waals surface area contributed by atoms with Gasteiger partial charge in [0.2, 0.25) is 5.91 Å². The number of carbonyl (C=O) groups is 1. The summed E-state index contributed by atoms with van der Waals surface area (Å²) in [6.45, 7) is 7.93. The van der Waals surface area contributed by atoms with Gasteiger partial charge in [0.05, 0.1) is 6.04 Å². The van der Waals surface area contributed by atoms with Crippen LogP contribution in [-0.2, 0) is 4.79 Å². The Kier molecular flexibility index (Phi) is 4.06. The van der Waals surface area contributed by atoms with E-state index >= 15 is 0 Å². The molecule has 0 aliphatic carbocycles. The van der Waals surface area contributed by atoms with Crippen LogP contribution in [0.15, 0.2) is 6.07 Å². The molecule has 0 bridgehead atoms. The fourth-order valence-electron chi connectivity index (χ4n) is 1.21. The average molecular weight is 224 g/mol. The Labute approximate surface area is 95.8 Å². The number of hydrogen-bond acceptors (Lipinski definition) is 3. The first-order valence-corrected chi connectivity index (χ1v) is 5.53. The Bertz CT molecular complexity index is 357. The third-order valence-electron chi connectivity index (χ3n) is 2.49. The number of carbonyl (C=O) groups excluding carboxylic acids is 1. The number of amides is 1. The fourth-order valence-corrected chi connectivity index (χ4v) is 1.21. The third-order valence-corrected chi connectivity index (χ3v) is 2.49. The van der Waals surface area contributed by atoms with E-state index in [-0.39, 0.29) is 11.8 Å². The van der Waals surface area contributed by atoms with Crippen molar-refractivity contribution in [2.75, 3.05) is 5.32 Å². The van der Waals surface area contributed by atoms with Crippen molar-refractivity contribution in [3.05, 3.63) is 11.8 Å². The van der Waals surface area contributed by atoms with E-state index in [2.05, 4.69) is 29.4 Å². The van der Waals surface area contributed by atoms with Crippen LogP contribution in [0.4, 0.5) is 5.82 Å². The lowest BCUT2D eigenvalue weighted by molar-refractivity contribution is -0.118. The summed E-state index contributed by atoms with van der Waals surface area (Å²) in [5.74, 6) is 0.807. The number of aromatic amines is 1. The van der Waals surface area contributed by atoms with Gasteiger partial charge in [0.15, 0.2) is 5.82 Å². The first kappa shape index (κ1) is 12.7. The van der Waals surface area contributed by atoms with Crippen LogP contribution in [-0.4, -0.2) is 22.1 Å². The molecule has 0 saturated heterocycles. The number of hydrogen-bond donors (Lipinski definition) is 3. The van der Waals surface area contributed by atoms with E-state index in [0.29, 0.717) is 11.7 Å². The molecule has 0 fully saturated rings. The smallest absolute Gasteiger partial charge is 0.242 e. The van der Waals surface area contributed by atoms with Crippen LogP contribution in [0, 0.1) is 5.92 Å². The predicted octanol–water partition coefficient (Wildman–Crippen LogP) is 1.45. The zero-order valence-corrected chi connectivity index (χ0v) is 10.2. The van der Waals surface area contributed by atoms with Crippen LogP contribution >= 0.6 is 0 Å². The van der Waals surface area contributed by atoms with E-state index < -0.39 is 6.04 Å². The Morgan fingerprint density at radius 2 is 2.06 bits per heavy atom. The van der Waals surface area contributed by atoms with Crippen molar-refractivity contribution in [3.8, 4) is 0 Å². The molecule has 5 nitrogen and oxygen atoms in total. The Balaban J connectivity index is 2.63. The number of rotatable bonds is 4. The van der Waals surface area contributed by atoms with Crippen molar-refractivity contribution >= 4 is 11.7 Å². The molecule has 0 aliphatic rings. The van der Waals surface area contributed by atoms with Crippen molar-refractivity contribution < 1.29 is 4.79 Å². The molecule has 1 heterocycles. The minimum absolute atomic E-state index is 0.114. The standard InChI is InChI=1S/C11H20N4O/c1-6(2)8-5-9(15-14-8)13-11(16)10(12)7(3)4/h5-7,10H,12H2,1-4H3,(H2,13,14,15,16)/t10-/m0/s1. The van der Waals surface area contributed by atoms with Crippen molar-refractivity contribution in [2.45, 2.75) is 39.7 Å². The van der Waals surface area contributed by atoms with Crippen molar-refractivity contribution in [1.82, 2.24) is 10.2 Å². The predicted molar refractivity (Wildman–Crippen MR) is 64.1 cm³/mol. The second-order valence-electron chi connectivity index (χ2n) is 4.62. The van der Waals surface area contributed by atoms with Gasteiger partial charge in [-0.1, -0.05) is 27.7 Å². The Morgan fingerprint density at radius 1 is 1.44 bits per heavy atom. The first-order chi connectivity index (χ1) is 7.41. The van der Waals surface area contributed by atoms with Crippen molar-refractivity contribution in [2.24, 2.45) is 11.7 Å². The van der Waals surface area contributed by atoms with Gasteiger partial charge < -0.3 is 11.1 Å². The third kappa shape index (κ3) is 3.06. The van der Waals surface area contributed by atoms with Crippen LogP contribution in [0.5, 0.6) is 0 Å². The summed E-state index contributed by atoms with van der Waals surface area (Å²) in [6, 6.07) is 1.33. The average Bonchev–Trinajstić information content (AvgIpc) is 2.64. The number of H-pyrrole nitrogens is 1. The minimum atomic E-state index is -0.501. The van der Waals surface area contributed by atoms with Crippen LogP contribution in [0.2, 0.25) is 0 Å². The molecule has 1 rings (SSSR count). The van der Waals surface area contributed by atoms with Crippen molar-refractivity contribution in [3.63, 3.8) is 0 Å². The number of nitrogens with zero attached hydrogens (tertiary/aromatic N) is 1. The summed E-state index contributed by atoms with van der Waals surface area (Å²) in [6.07, 6.45) is 0. The summed E-state index contributed by atoms with van der Waals surface area (Å²) in [5.41, 5.74) is 6.72. The van der Waals surface area contributed by atoms with Gasteiger partial charge in [0.25, 0.3) is 0 Å². The van der Waals surface area contributed by atoms with Crippen LogP contribution in [0.25, 0.3) is 0 Å². The highest BCUT2D eigenvalue weighted by Crippen LogP contribution is 2.15. The topological polar surface area (TPSA) is 83.8 Å². The summed E-state index contributed by atoms with van der Waals surface area (Å²) < 4.78 is 0. The molecule has 1 amide bonds. The highest BCUT2D eigenvalue weighted by Gasteiger charge is 2.18. The second kappa shape index (κ2) is 5.12. The van der Waals surface area contributed by atoms with Crippen molar-refractivity contribution in [1.29, 1.82) is 0 Å². The zero-order chi connectivity index (χ0) is 12.3. The highest BCUT2D eigenvalue weighted by molar-refractivity contribution is 5.94. The maximum atomic E-state index is 11.6. The van der Waals surface area contributed by atoms with E-state index in [1.54, 1.807) is 0 Å². The first-order valence-electron chi connectivity index (χ1n) is 5.53. The van der Waals surface area contributed by atoms with Gasteiger partial charge in [-0.05, 0) is 11.8 Å². The van der Waals surface area contributed by atoms with E-state index in [1.165, 1.54) is 0 Å². The maximum Gasteiger partial charge on any atom is 0.242 e. The number of nitrogens with two attached hydrogens (primary N) is 1. The number of aromatic nitrogens is 2. The molecule has 0 aromatic carbocycles. The van der Waals surface area contributed by atoms with Gasteiger partial charge >= 0.3 is 0 Å². The minimum Gasteiger partial charge on any atom is -0.320 e. The molecule has 0 saturated carbocycles. The lowest BCUT2D eigenvalue weighted by Gasteiger charge is -2.13. The lowest BCUT2D eigenvalue weighted by atomic mass is 10.1. The molecule has 1 atom stereocenters. The molecule has 1 aromatic rings. The van der Waals surface area contributed by atoms with Crippen LogP contribution < -0.4 is 11.1 Å². The lowest BCUT2D eigenvalue weighted by Crippen LogP contribution is -2.39. The van der Waals surface area contributed by atoms with Gasteiger partial charge in [-0.3, -0.25) is 9.89 Å². The molecule has 0 aliphatic heterocycles. The molecule has 5 heteroatoms. The molecule has 0 radical (unpaired) electrons. The highest BCUT2D eigenvalue weighted by atomic mass is 16.2. The molecule has 0 unspecified atom stereocenters. The van der Waals surface area contributed by atoms with Gasteiger partial charge in [0, 0.05) is 11.8 Å². The molecular weight excluding hydrogens is 204 g/mol. The molecule has 0 spiro atoms. The molecule has 16 heavy (non-hydrogen) atoms. The van der Waals surface area contributed by atoms with Crippen LogP contribution in [0.1, 0.15) is 39.3 Å². The quantitative estimate of drug-likeness (QED) is 0.723. The largest absolute Gasteiger partial charge is 0.320 e. The maximum absolute atomic E-state index is 11.6. The second-order valence-corrected chi connectivity index (χ2v) is 4.62. The summed E-state index contributed by atoms with van der Waals surface area (Å²) in [4.78, 5) is 11.6. The van der Waals surface area contributed by atoms with Gasteiger partial charge in [-0.2, -0.15) is 5.10 Å². The molecule has 90 valence electrons. The summed E-state index contributed by atoms with van der Waals surface area (Å²) in [7, 11) is 0. The van der Waals surface area contributed by atoms with E-state index in [1.807, 2.05) is 19.9 Å². The zero-order valence-electron chi connectivity index (χ0n) is 10.2. The van der Waals surface area contributed by atoms with Gasteiger partial charge in [-0.15, -0.1) is 0 Å². The Hall–Kier alpha value is -1.36. The summed E-state index contributed by atoms with van der Waals surface area (Å²) >= 11 is 0. The van der Waals surface area contributed by atoms with E-state index in [9.17, 15) is 4.79 Å². The fraction of sp³-hybridized carbons (Fsp3) is 0.636.